The maximum Gasteiger partial charge on any atom is 0.306 e. The minimum atomic E-state index is -3.28. The highest BCUT2D eigenvalue weighted by Gasteiger charge is 2.29. The van der Waals surface area contributed by atoms with E-state index in [-0.39, 0.29) is 5.78 Å². The SMILES string of the molecule is CCC(=O)c1ccc(OP(=O)(c2ccccc2)c2ccccc2)cc1. The minimum Gasteiger partial charge on any atom is -0.437 e. The molecule has 0 saturated heterocycles. The third kappa shape index (κ3) is 3.72. The predicted octanol–water partition coefficient (Wildman–Crippen LogP) is 4.59. The van der Waals surface area contributed by atoms with E-state index >= 15 is 0 Å². The highest BCUT2D eigenvalue weighted by Crippen LogP contribution is 2.45. The molecule has 0 aliphatic rings. The van der Waals surface area contributed by atoms with Gasteiger partial charge in [-0.05, 0) is 48.5 Å². The average Bonchev–Trinajstić information content (AvgIpc) is 2.69. The van der Waals surface area contributed by atoms with Gasteiger partial charge in [0.1, 0.15) is 5.75 Å². The van der Waals surface area contributed by atoms with Crippen LogP contribution in [0.15, 0.2) is 84.9 Å². The zero-order chi connectivity index (χ0) is 17.7. The number of carbonyl (C=O) groups is 1. The topological polar surface area (TPSA) is 43.4 Å². The molecule has 0 N–H and O–H groups in total. The molecule has 4 heteroatoms. The fourth-order valence-electron chi connectivity index (χ4n) is 2.56. The van der Waals surface area contributed by atoms with E-state index in [1.165, 1.54) is 0 Å². The van der Waals surface area contributed by atoms with Crippen LogP contribution in [0.1, 0.15) is 23.7 Å². The summed E-state index contributed by atoms with van der Waals surface area (Å²) >= 11 is 0. The second-order valence-electron chi connectivity index (χ2n) is 5.61. The number of hydrogen-bond donors (Lipinski definition) is 0. The van der Waals surface area contributed by atoms with Crippen molar-refractivity contribution in [1.82, 2.24) is 0 Å². The van der Waals surface area contributed by atoms with Crippen LogP contribution >= 0.6 is 7.37 Å². The number of hydrogen-bond acceptors (Lipinski definition) is 3. The van der Waals surface area contributed by atoms with E-state index in [9.17, 15) is 9.36 Å². The Hall–Kier alpha value is -2.64. The highest BCUT2D eigenvalue weighted by molar-refractivity contribution is 7.74. The van der Waals surface area contributed by atoms with Crippen LogP contribution in [-0.4, -0.2) is 5.78 Å². The fourth-order valence-corrected chi connectivity index (χ4v) is 4.61. The monoisotopic (exact) mass is 350 g/mol. The summed E-state index contributed by atoms with van der Waals surface area (Å²) in [7, 11) is -3.28. The van der Waals surface area contributed by atoms with Gasteiger partial charge in [-0.15, -0.1) is 0 Å². The van der Waals surface area contributed by atoms with Gasteiger partial charge in [0.25, 0.3) is 0 Å². The Kier molecular flexibility index (Phi) is 5.16. The summed E-state index contributed by atoms with van der Waals surface area (Å²) in [5, 5.41) is 1.27. The van der Waals surface area contributed by atoms with E-state index in [4.69, 9.17) is 4.52 Å². The summed E-state index contributed by atoms with van der Waals surface area (Å²) < 4.78 is 19.8. The van der Waals surface area contributed by atoms with Crippen LogP contribution in [0.2, 0.25) is 0 Å². The molecule has 0 spiro atoms. The van der Waals surface area contributed by atoms with Gasteiger partial charge in [-0.25, -0.2) is 0 Å². The summed E-state index contributed by atoms with van der Waals surface area (Å²) in [6.07, 6.45) is 0.451. The van der Waals surface area contributed by atoms with Gasteiger partial charge in [0.05, 0.1) is 10.6 Å². The van der Waals surface area contributed by atoms with Gasteiger partial charge in [-0.3, -0.25) is 9.36 Å². The number of Topliss-reactive ketones (excluding diaryl/α,β-unsaturated/α-hetero) is 1. The molecule has 0 aliphatic carbocycles. The van der Waals surface area contributed by atoms with Crippen molar-refractivity contribution in [3.63, 3.8) is 0 Å². The van der Waals surface area contributed by atoms with Gasteiger partial charge in [0.15, 0.2) is 5.78 Å². The van der Waals surface area contributed by atoms with Crippen LogP contribution in [0, 0.1) is 0 Å². The Balaban J connectivity index is 1.99. The van der Waals surface area contributed by atoms with E-state index in [2.05, 4.69) is 0 Å². The van der Waals surface area contributed by atoms with E-state index in [0.29, 0.717) is 28.3 Å². The lowest BCUT2D eigenvalue weighted by Crippen LogP contribution is -2.20. The van der Waals surface area contributed by atoms with E-state index in [0.717, 1.165) is 0 Å². The smallest absolute Gasteiger partial charge is 0.306 e. The molecule has 3 aromatic rings. The van der Waals surface area contributed by atoms with Crippen molar-refractivity contribution >= 4 is 23.8 Å². The summed E-state index contributed by atoms with van der Waals surface area (Å²) in [6.45, 7) is 1.83. The van der Waals surface area contributed by atoms with Crippen molar-refractivity contribution < 1.29 is 13.9 Å². The number of rotatable bonds is 6. The van der Waals surface area contributed by atoms with Crippen molar-refractivity contribution in [2.45, 2.75) is 13.3 Å². The Morgan fingerprint density at radius 3 is 1.72 bits per heavy atom. The minimum absolute atomic E-state index is 0.0702. The van der Waals surface area contributed by atoms with Gasteiger partial charge in [0.2, 0.25) is 0 Å². The Morgan fingerprint density at radius 1 is 0.800 bits per heavy atom. The molecule has 0 saturated carbocycles. The zero-order valence-electron chi connectivity index (χ0n) is 14.0. The molecule has 0 aromatic heterocycles. The summed E-state index contributed by atoms with van der Waals surface area (Å²) in [5.41, 5.74) is 0.629. The molecule has 3 rings (SSSR count). The second kappa shape index (κ2) is 7.50. The third-order valence-corrected chi connectivity index (χ3v) is 6.35. The van der Waals surface area contributed by atoms with E-state index < -0.39 is 7.37 Å². The van der Waals surface area contributed by atoms with Crippen LogP contribution in [-0.2, 0) is 4.57 Å². The summed E-state index contributed by atoms with van der Waals surface area (Å²) in [5.74, 6) is 0.546. The molecule has 0 radical (unpaired) electrons. The highest BCUT2D eigenvalue weighted by atomic mass is 31.2. The maximum atomic E-state index is 13.8. The first-order valence-electron chi connectivity index (χ1n) is 8.17. The molecule has 126 valence electrons. The predicted molar refractivity (Wildman–Crippen MR) is 101 cm³/mol. The third-order valence-electron chi connectivity index (χ3n) is 3.92. The fraction of sp³-hybridized carbons (Fsp3) is 0.0952. The largest absolute Gasteiger partial charge is 0.437 e. The van der Waals surface area contributed by atoms with Gasteiger partial charge in [0, 0.05) is 12.0 Å². The Morgan fingerprint density at radius 2 is 1.28 bits per heavy atom. The first kappa shape index (κ1) is 17.2. The van der Waals surface area contributed by atoms with Crippen molar-refractivity contribution in [3.8, 4) is 5.75 Å². The molecule has 3 nitrogen and oxygen atoms in total. The molecule has 0 unspecified atom stereocenters. The first-order valence-corrected chi connectivity index (χ1v) is 9.80. The summed E-state index contributed by atoms with van der Waals surface area (Å²) in [6, 6.07) is 25.2. The molecule has 0 fully saturated rings. The number of ketones is 1. The normalized spacial score (nSPS) is 11.1. The van der Waals surface area contributed by atoms with Crippen molar-refractivity contribution in [2.75, 3.05) is 0 Å². The maximum absolute atomic E-state index is 13.8. The van der Waals surface area contributed by atoms with Crippen LogP contribution in [0.4, 0.5) is 0 Å². The second-order valence-corrected chi connectivity index (χ2v) is 7.93. The quantitative estimate of drug-likeness (QED) is 0.482. The summed E-state index contributed by atoms with van der Waals surface area (Å²) in [4.78, 5) is 11.8. The average molecular weight is 350 g/mol. The van der Waals surface area contributed by atoms with Crippen molar-refractivity contribution in [3.05, 3.63) is 90.5 Å². The molecule has 25 heavy (non-hydrogen) atoms. The van der Waals surface area contributed by atoms with Crippen LogP contribution < -0.4 is 15.1 Å². The zero-order valence-corrected chi connectivity index (χ0v) is 14.9. The molecule has 0 bridgehead atoms. The molecule has 0 aliphatic heterocycles. The number of benzene rings is 3. The van der Waals surface area contributed by atoms with Gasteiger partial charge in [-0.2, -0.15) is 0 Å². The number of carbonyl (C=O) groups excluding carboxylic acids is 1. The van der Waals surface area contributed by atoms with Crippen LogP contribution in [0.5, 0.6) is 5.75 Å². The van der Waals surface area contributed by atoms with Gasteiger partial charge in [-0.1, -0.05) is 43.3 Å². The van der Waals surface area contributed by atoms with E-state index in [1.807, 2.05) is 67.6 Å². The Labute approximate surface area is 147 Å². The molecular formula is C21H19O3P. The van der Waals surface area contributed by atoms with Crippen molar-refractivity contribution in [2.24, 2.45) is 0 Å². The molecule has 0 amide bonds. The molecule has 0 atom stereocenters. The lowest BCUT2D eigenvalue weighted by Gasteiger charge is -2.20. The van der Waals surface area contributed by atoms with Crippen LogP contribution in [0.3, 0.4) is 0 Å². The lowest BCUT2D eigenvalue weighted by molar-refractivity contribution is 0.0988. The van der Waals surface area contributed by atoms with Crippen molar-refractivity contribution in [1.29, 1.82) is 0 Å². The van der Waals surface area contributed by atoms with E-state index in [1.54, 1.807) is 24.3 Å². The molecule has 0 heterocycles. The van der Waals surface area contributed by atoms with Gasteiger partial charge < -0.3 is 4.52 Å². The van der Waals surface area contributed by atoms with Crippen LogP contribution in [0.25, 0.3) is 0 Å². The first-order chi connectivity index (χ1) is 12.1. The standard InChI is InChI=1S/C21H19O3P/c1-2-21(22)17-13-15-18(16-14-17)24-25(23,19-9-5-3-6-10-19)20-11-7-4-8-12-20/h3-16H,2H2,1H3. The lowest BCUT2D eigenvalue weighted by atomic mass is 10.1. The van der Waals surface area contributed by atoms with Gasteiger partial charge >= 0.3 is 7.37 Å². The molecular weight excluding hydrogens is 331 g/mol. The Bertz CT molecular complexity index is 844. The molecule has 3 aromatic carbocycles.